The third-order valence-corrected chi connectivity index (χ3v) is 4.59. The highest BCUT2D eigenvalue weighted by Crippen LogP contribution is 2.48. The number of aromatic nitrogens is 1. The van der Waals surface area contributed by atoms with Crippen LogP contribution in [0.3, 0.4) is 0 Å². The van der Waals surface area contributed by atoms with Gasteiger partial charge in [-0.1, -0.05) is 29.8 Å². The first-order chi connectivity index (χ1) is 11.7. The number of aliphatic imine (C=N–C) groups is 1. The average Bonchev–Trinajstić information content (AvgIpc) is 3.40. The monoisotopic (exact) mass is 470 g/mol. The summed E-state index contributed by atoms with van der Waals surface area (Å²) >= 11 is 6.15. The lowest BCUT2D eigenvalue weighted by Gasteiger charge is -2.19. The number of pyridine rings is 1. The number of nitrogens with one attached hydrogen (secondary N) is 2. The maximum absolute atomic E-state index is 6.15. The molecule has 0 aliphatic heterocycles. The Kier molecular flexibility index (Phi) is 7.50. The molecule has 1 aliphatic carbocycles. The van der Waals surface area contributed by atoms with E-state index in [0.29, 0.717) is 6.54 Å². The lowest BCUT2D eigenvalue weighted by molar-refractivity contribution is 0.645. The Morgan fingerprint density at radius 2 is 2.04 bits per heavy atom. The summed E-state index contributed by atoms with van der Waals surface area (Å²) in [5.41, 5.74) is 2.46. The molecular weight excluding hydrogens is 447 g/mol. The van der Waals surface area contributed by atoms with E-state index in [1.807, 2.05) is 30.3 Å². The molecule has 4 nitrogen and oxygen atoms in total. The van der Waals surface area contributed by atoms with Crippen molar-refractivity contribution < 1.29 is 0 Å². The highest BCUT2D eigenvalue weighted by atomic mass is 127. The van der Waals surface area contributed by atoms with E-state index in [4.69, 9.17) is 11.6 Å². The number of rotatable bonds is 6. The predicted octanol–water partition coefficient (Wildman–Crippen LogP) is 4.14. The lowest BCUT2D eigenvalue weighted by Crippen LogP contribution is -2.41. The zero-order chi connectivity index (χ0) is 16.8. The van der Waals surface area contributed by atoms with E-state index in [2.05, 4.69) is 39.7 Å². The Labute approximate surface area is 171 Å². The number of hydrogen-bond donors (Lipinski definition) is 2. The summed E-state index contributed by atoms with van der Waals surface area (Å²) in [6.45, 7) is 4.34. The molecule has 3 rings (SSSR count). The summed E-state index contributed by atoms with van der Waals surface area (Å²) < 4.78 is 0. The third-order valence-electron chi connectivity index (χ3n) is 4.35. The van der Waals surface area contributed by atoms with Crippen molar-refractivity contribution >= 4 is 41.5 Å². The summed E-state index contributed by atoms with van der Waals surface area (Å²) in [6.07, 6.45) is 4.16. The highest BCUT2D eigenvalue weighted by molar-refractivity contribution is 14.0. The Morgan fingerprint density at radius 1 is 1.20 bits per heavy atom. The van der Waals surface area contributed by atoms with Crippen LogP contribution in [0.5, 0.6) is 0 Å². The fraction of sp³-hybridized carbons (Fsp3) is 0.368. The van der Waals surface area contributed by atoms with Crippen molar-refractivity contribution in [3.05, 3.63) is 64.9 Å². The molecule has 2 aromatic rings. The zero-order valence-electron chi connectivity index (χ0n) is 14.3. The molecule has 0 saturated heterocycles. The minimum absolute atomic E-state index is 0. The van der Waals surface area contributed by atoms with Crippen molar-refractivity contribution in [1.82, 2.24) is 15.6 Å². The molecule has 0 unspecified atom stereocenters. The van der Waals surface area contributed by atoms with E-state index < -0.39 is 0 Å². The normalized spacial score (nSPS) is 15.2. The molecule has 1 fully saturated rings. The van der Waals surface area contributed by atoms with Crippen LogP contribution in [0.4, 0.5) is 0 Å². The van der Waals surface area contributed by atoms with Crippen LogP contribution < -0.4 is 10.6 Å². The van der Waals surface area contributed by atoms with Crippen molar-refractivity contribution in [2.45, 2.75) is 31.7 Å². The molecule has 6 heteroatoms. The molecule has 1 aromatic carbocycles. The van der Waals surface area contributed by atoms with Gasteiger partial charge < -0.3 is 10.6 Å². The molecular formula is C19H24ClIN4. The lowest BCUT2D eigenvalue weighted by atomic mass is 9.96. The average molecular weight is 471 g/mol. The Hall–Kier alpha value is -1.34. The van der Waals surface area contributed by atoms with E-state index >= 15 is 0 Å². The fourth-order valence-corrected chi connectivity index (χ4v) is 2.97. The number of benzene rings is 1. The molecule has 0 radical (unpaired) electrons. The van der Waals surface area contributed by atoms with Gasteiger partial charge in [-0.15, -0.1) is 24.0 Å². The molecule has 134 valence electrons. The molecule has 0 bridgehead atoms. The Morgan fingerprint density at radius 3 is 2.68 bits per heavy atom. The van der Waals surface area contributed by atoms with Crippen LogP contribution in [-0.2, 0) is 12.0 Å². The molecule has 2 N–H and O–H groups in total. The summed E-state index contributed by atoms with van der Waals surface area (Å²) in [5.74, 6) is 0.830. The minimum atomic E-state index is 0. The Balaban J connectivity index is 0.00000225. The molecule has 0 spiro atoms. The molecule has 0 amide bonds. The maximum atomic E-state index is 6.15. The van der Waals surface area contributed by atoms with Crippen LogP contribution in [0.25, 0.3) is 0 Å². The van der Waals surface area contributed by atoms with Gasteiger partial charge in [0.2, 0.25) is 0 Å². The van der Waals surface area contributed by atoms with E-state index in [1.54, 1.807) is 6.20 Å². The van der Waals surface area contributed by atoms with Gasteiger partial charge in [0.05, 0.1) is 12.2 Å². The first kappa shape index (κ1) is 20.0. The van der Waals surface area contributed by atoms with Crippen molar-refractivity contribution in [1.29, 1.82) is 0 Å². The quantitative estimate of drug-likeness (QED) is 0.379. The molecule has 0 atom stereocenters. The number of hydrogen-bond acceptors (Lipinski definition) is 2. The van der Waals surface area contributed by atoms with E-state index in [9.17, 15) is 0 Å². The third kappa shape index (κ3) is 5.57. The van der Waals surface area contributed by atoms with Gasteiger partial charge in [0.15, 0.2) is 5.96 Å². The molecule has 25 heavy (non-hydrogen) atoms. The topological polar surface area (TPSA) is 49.3 Å². The fourth-order valence-electron chi connectivity index (χ4n) is 2.78. The predicted molar refractivity (Wildman–Crippen MR) is 115 cm³/mol. The van der Waals surface area contributed by atoms with Crippen LogP contribution in [0.15, 0.2) is 53.7 Å². The summed E-state index contributed by atoms with van der Waals surface area (Å²) in [5, 5.41) is 7.58. The highest BCUT2D eigenvalue weighted by Gasteiger charge is 2.44. The van der Waals surface area contributed by atoms with E-state index in [-0.39, 0.29) is 29.4 Å². The number of guanidine groups is 1. The first-order valence-corrected chi connectivity index (χ1v) is 8.78. The van der Waals surface area contributed by atoms with Crippen LogP contribution >= 0.6 is 35.6 Å². The van der Waals surface area contributed by atoms with Gasteiger partial charge in [-0.25, -0.2) is 4.99 Å². The molecule has 1 heterocycles. The standard InChI is InChI=1S/C19H23ClN4.HI/c1-2-21-18(23-13-17-8-3-4-11-22-17)24-14-19(9-10-19)15-6-5-7-16(20)12-15;/h3-8,11-12H,2,9-10,13-14H2,1H3,(H2,21,23,24);1H. The summed E-state index contributed by atoms with van der Waals surface area (Å²) in [4.78, 5) is 8.94. The van der Waals surface area contributed by atoms with Crippen LogP contribution in [-0.4, -0.2) is 24.0 Å². The molecule has 1 saturated carbocycles. The minimum Gasteiger partial charge on any atom is -0.357 e. The SMILES string of the molecule is CCNC(=NCc1ccccn1)NCC1(c2cccc(Cl)c2)CC1.I. The van der Waals surface area contributed by atoms with Crippen molar-refractivity contribution in [3.8, 4) is 0 Å². The van der Waals surface area contributed by atoms with Crippen LogP contribution in [0.2, 0.25) is 5.02 Å². The molecule has 1 aliphatic rings. The van der Waals surface area contributed by atoms with Gasteiger partial charge in [-0.05, 0) is 49.6 Å². The second-order valence-corrected chi connectivity index (χ2v) is 6.60. The smallest absolute Gasteiger partial charge is 0.191 e. The van der Waals surface area contributed by atoms with Gasteiger partial charge in [0, 0.05) is 29.7 Å². The van der Waals surface area contributed by atoms with Crippen molar-refractivity contribution in [2.24, 2.45) is 4.99 Å². The van der Waals surface area contributed by atoms with Crippen LogP contribution in [0.1, 0.15) is 31.0 Å². The van der Waals surface area contributed by atoms with Gasteiger partial charge in [-0.2, -0.15) is 0 Å². The molecule has 1 aromatic heterocycles. The van der Waals surface area contributed by atoms with Crippen molar-refractivity contribution in [3.63, 3.8) is 0 Å². The summed E-state index contributed by atoms with van der Waals surface area (Å²) in [7, 11) is 0. The van der Waals surface area contributed by atoms with Gasteiger partial charge >= 0.3 is 0 Å². The number of halogens is 2. The van der Waals surface area contributed by atoms with Crippen LogP contribution in [0, 0.1) is 0 Å². The maximum Gasteiger partial charge on any atom is 0.191 e. The Bertz CT molecular complexity index is 702. The van der Waals surface area contributed by atoms with E-state index in [1.165, 1.54) is 18.4 Å². The second-order valence-electron chi connectivity index (χ2n) is 6.16. The van der Waals surface area contributed by atoms with Gasteiger partial charge in [-0.3, -0.25) is 4.98 Å². The van der Waals surface area contributed by atoms with Crippen molar-refractivity contribution in [2.75, 3.05) is 13.1 Å². The largest absolute Gasteiger partial charge is 0.357 e. The zero-order valence-corrected chi connectivity index (χ0v) is 17.4. The van der Waals surface area contributed by atoms with Gasteiger partial charge in [0.1, 0.15) is 0 Å². The first-order valence-electron chi connectivity index (χ1n) is 8.40. The number of nitrogens with zero attached hydrogens (tertiary/aromatic N) is 2. The second kappa shape index (κ2) is 9.38. The van der Waals surface area contributed by atoms with Gasteiger partial charge in [0.25, 0.3) is 0 Å². The van der Waals surface area contributed by atoms with E-state index in [0.717, 1.165) is 29.8 Å². The summed E-state index contributed by atoms with van der Waals surface area (Å²) in [6, 6.07) is 14.1.